The maximum atomic E-state index is 14.6. The summed E-state index contributed by atoms with van der Waals surface area (Å²) in [5.41, 5.74) is 0.617. The second-order valence-electron chi connectivity index (χ2n) is 8.96. The standard InChI is InChI=1S/C21H28ClFO/c1-4-12-5-7-14-13-6-8-16-19(23)17(24)11-18(22)21(16,3)15(13)9-10-20(12,14)2/h8,11-15,19H,4-7,9-10H2,1-3H3/t12-,13-,14-,15-,19-,20+,21+/m0/s1. The first-order chi connectivity index (χ1) is 11.3. The van der Waals surface area contributed by atoms with Crippen LogP contribution < -0.4 is 0 Å². The Labute approximate surface area is 149 Å². The highest BCUT2D eigenvalue weighted by atomic mass is 35.5. The van der Waals surface area contributed by atoms with Crippen LogP contribution in [0.3, 0.4) is 0 Å². The lowest BCUT2D eigenvalue weighted by Crippen LogP contribution is -2.51. The van der Waals surface area contributed by atoms with E-state index in [1.54, 1.807) is 0 Å². The molecule has 0 aliphatic heterocycles. The minimum absolute atomic E-state index is 0.376. The van der Waals surface area contributed by atoms with Crippen LogP contribution in [0.2, 0.25) is 0 Å². The number of alkyl halides is 1. The second-order valence-corrected chi connectivity index (χ2v) is 9.37. The molecule has 0 bridgehead atoms. The maximum Gasteiger partial charge on any atom is 0.195 e. The number of hydrogen-bond donors (Lipinski definition) is 0. The molecule has 0 radical (unpaired) electrons. The third kappa shape index (κ3) is 1.95. The first kappa shape index (κ1) is 16.8. The Kier molecular flexibility index (Phi) is 3.81. The molecule has 0 aromatic carbocycles. The van der Waals surface area contributed by atoms with E-state index >= 15 is 0 Å². The highest BCUT2D eigenvalue weighted by Gasteiger charge is 2.60. The van der Waals surface area contributed by atoms with E-state index in [0.717, 1.165) is 24.7 Å². The van der Waals surface area contributed by atoms with Crippen LogP contribution in [-0.4, -0.2) is 12.0 Å². The molecule has 3 heteroatoms. The van der Waals surface area contributed by atoms with E-state index < -0.39 is 17.4 Å². The van der Waals surface area contributed by atoms with Gasteiger partial charge in [0.25, 0.3) is 0 Å². The molecule has 0 spiro atoms. The number of rotatable bonds is 1. The lowest BCUT2D eigenvalue weighted by atomic mass is 9.48. The van der Waals surface area contributed by atoms with Crippen molar-refractivity contribution in [2.45, 2.75) is 65.5 Å². The van der Waals surface area contributed by atoms with E-state index in [4.69, 9.17) is 11.6 Å². The summed E-state index contributed by atoms with van der Waals surface area (Å²) in [5.74, 6) is 2.03. The molecule has 4 aliphatic carbocycles. The summed E-state index contributed by atoms with van der Waals surface area (Å²) in [4.78, 5) is 11.9. The Balaban J connectivity index is 1.75. The van der Waals surface area contributed by atoms with Crippen LogP contribution in [0.15, 0.2) is 22.8 Å². The maximum absolute atomic E-state index is 14.6. The van der Waals surface area contributed by atoms with Crippen molar-refractivity contribution in [1.82, 2.24) is 0 Å². The van der Waals surface area contributed by atoms with Crippen LogP contribution in [0, 0.1) is 34.5 Å². The Hall–Kier alpha value is -0.630. The van der Waals surface area contributed by atoms with Gasteiger partial charge < -0.3 is 0 Å². The molecule has 1 nitrogen and oxygen atoms in total. The molecule has 0 N–H and O–H groups in total. The molecule has 4 aliphatic rings. The summed E-state index contributed by atoms with van der Waals surface area (Å²) >= 11 is 6.58. The zero-order valence-electron chi connectivity index (χ0n) is 14.9. The van der Waals surface area contributed by atoms with Gasteiger partial charge in [-0.05, 0) is 72.8 Å². The second kappa shape index (κ2) is 5.43. The van der Waals surface area contributed by atoms with Gasteiger partial charge in [-0.2, -0.15) is 0 Å². The summed E-state index contributed by atoms with van der Waals surface area (Å²) in [6.45, 7) is 6.91. The summed E-state index contributed by atoms with van der Waals surface area (Å²) in [5, 5.41) is 0.566. The predicted octanol–water partition coefficient (Wildman–Crippen LogP) is 5.84. The van der Waals surface area contributed by atoms with Crippen molar-refractivity contribution in [2.24, 2.45) is 34.5 Å². The van der Waals surface area contributed by atoms with Gasteiger partial charge in [-0.15, -0.1) is 0 Å². The van der Waals surface area contributed by atoms with Crippen LogP contribution in [0.25, 0.3) is 0 Å². The quantitative estimate of drug-likeness (QED) is 0.543. The van der Waals surface area contributed by atoms with E-state index in [1.165, 1.54) is 31.8 Å². The summed E-state index contributed by atoms with van der Waals surface area (Å²) in [7, 11) is 0. The van der Waals surface area contributed by atoms with Crippen LogP contribution in [0.5, 0.6) is 0 Å². The molecule has 7 atom stereocenters. The average molecular weight is 351 g/mol. The lowest BCUT2D eigenvalue weighted by molar-refractivity contribution is -0.119. The Bertz CT molecular complexity index is 638. The van der Waals surface area contributed by atoms with Gasteiger partial charge in [0.05, 0.1) is 0 Å². The monoisotopic (exact) mass is 350 g/mol. The third-order valence-corrected chi connectivity index (χ3v) is 8.87. The van der Waals surface area contributed by atoms with E-state index in [0.29, 0.717) is 27.9 Å². The van der Waals surface area contributed by atoms with Crippen molar-refractivity contribution >= 4 is 17.4 Å². The molecule has 24 heavy (non-hydrogen) atoms. The highest BCUT2D eigenvalue weighted by molar-refractivity contribution is 6.33. The van der Waals surface area contributed by atoms with Gasteiger partial charge in [0.1, 0.15) is 0 Å². The first-order valence-electron chi connectivity index (χ1n) is 9.60. The number of halogens is 2. The minimum Gasteiger partial charge on any atom is -0.291 e. The average Bonchev–Trinajstić information content (AvgIpc) is 2.89. The number of hydrogen-bond acceptors (Lipinski definition) is 1. The molecule has 0 aromatic rings. The number of fused-ring (bicyclic) bond motifs is 5. The van der Waals surface area contributed by atoms with Crippen LogP contribution in [0.4, 0.5) is 4.39 Å². The topological polar surface area (TPSA) is 17.1 Å². The van der Waals surface area contributed by atoms with Crippen molar-refractivity contribution in [2.75, 3.05) is 0 Å². The molecule has 2 saturated carbocycles. The smallest absolute Gasteiger partial charge is 0.195 e. The number of ketones is 1. The fourth-order valence-electron chi connectivity index (χ4n) is 6.98. The fourth-order valence-corrected chi connectivity index (χ4v) is 7.34. The van der Waals surface area contributed by atoms with Crippen LogP contribution in [-0.2, 0) is 4.79 Å². The molecule has 0 unspecified atom stereocenters. The third-order valence-electron chi connectivity index (χ3n) is 8.37. The Morgan fingerprint density at radius 3 is 2.71 bits per heavy atom. The Morgan fingerprint density at radius 1 is 1.25 bits per heavy atom. The zero-order chi connectivity index (χ0) is 17.3. The molecule has 0 amide bonds. The summed E-state index contributed by atoms with van der Waals surface area (Å²) < 4.78 is 14.6. The van der Waals surface area contributed by atoms with Gasteiger partial charge >= 0.3 is 0 Å². The predicted molar refractivity (Wildman–Crippen MR) is 95.5 cm³/mol. The van der Waals surface area contributed by atoms with Gasteiger partial charge in [0, 0.05) is 10.4 Å². The van der Waals surface area contributed by atoms with Gasteiger partial charge in [-0.3, -0.25) is 4.79 Å². The number of allylic oxidation sites excluding steroid dienone is 4. The molecule has 132 valence electrons. The van der Waals surface area contributed by atoms with Gasteiger partial charge in [-0.1, -0.05) is 44.9 Å². The van der Waals surface area contributed by atoms with E-state index in [1.807, 2.05) is 6.08 Å². The van der Waals surface area contributed by atoms with Crippen LogP contribution >= 0.6 is 11.6 Å². The minimum atomic E-state index is -1.49. The highest BCUT2D eigenvalue weighted by Crippen LogP contribution is 2.67. The largest absolute Gasteiger partial charge is 0.291 e. The van der Waals surface area contributed by atoms with Gasteiger partial charge in [0.15, 0.2) is 12.0 Å². The number of carbonyl (C=O) groups excluding carboxylic acids is 1. The lowest BCUT2D eigenvalue weighted by Gasteiger charge is -2.57. The summed E-state index contributed by atoms with van der Waals surface area (Å²) in [6, 6.07) is 0. The van der Waals surface area contributed by atoms with Crippen LogP contribution in [0.1, 0.15) is 59.3 Å². The number of carbonyl (C=O) groups is 1. The van der Waals surface area contributed by atoms with Crippen molar-refractivity contribution < 1.29 is 9.18 Å². The molecular weight excluding hydrogens is 323 g/mol. The van der Waals surface area contributed by atoms with Crippen molar-refractivity contribution in [3.05, 3.63) is 22.8 Å². The molecule has 0 saturated heterocycles. The van der Waals surface area contributed by atoms with Crippen molar-refractivity contribution in [1.29, 1.82) is 0 Å². The van der Waals surface area contributed by atoms with E-state index in [9.17, 15) is 9.18 Å². The molecule has 0 aromatic heterocycles. The Morgan fingerprint density at radius 2 is 2.00 bits per heavy atom. The normalized spacial score (nSPS) is 50.5. The molecule has 2 fully saturated rings. The molecule has 4 rings (SSSR count). The van der Waals surface area contributed by atoms with Crippen molar-refractivity contribution in [3.8, 4) is 0 Å². The zero-order valence-corrected chi connectivity index (χ0v) is 15.7. The summed E-state index contributed by atoms with van der Waals surface area (Å²) in [6.07, 6.45) is 9.06. The van der Waals surface area contributed by atoms with E-state index in [-0.39, 0.29) is 0 Å². The van der Waals surface area contributed by atoms with Crippen molar-refractivity contribution in [3.63, 3.8) is 0 Å². The fraction of sp³-hybridized carbons (Fsp3) is 0.762. The van der Waals surface area contributed by atoms with E-state index in [2.05, 4.69) is 20.8 Å². The van der Waals surface area contributed by atoms with Gasteiger partial charge in [0.2, 0.25) is 0 Å². The molecule has 0 heterocycles. The molecular formula is C21H28ClFO. The van der Waals surface area contributed by atoms with Gasteiger partial charge in [-0.25, -0.2) is 4.39 Å². The first-order valence-corrected chi connectivity index (χ1v) is 9.98. The SMILES string of the molecule is CC[C@H]1CC[C@H]2[C@@H]3CC=C4[C@H](F)C(=O)C=C(Cl)[C@]4(C)[C@H]3CC[C@]12C.